The van der Waals surface area contributed by atoms with Crippen LogP contribution in [0.1, 0.15) is 36.7 Å². The number of hydrogen-bond acceptors (Lipinski definition) is 3. The second-order valence-electron chi connectivity index (χ2n) is 6.99. The van der Waals surface area contributed by atoms with Crippen LogP contribution in [0, 0.1) is 0 Å². The number of likely N-dealkylation sites (tertiary alicyclic amines) is 1. The van der Waals surface area contributed by atoms with Crippen molar-refractivity contribution in [3.8, 4) is 0 Å². The monoisotopic (exact) mass is 366 g/mol. The quantitative estimate of drug-likeness (QED) is 0.767. The molecule has 0 unspecified atom stereocenters. The number of benzene rings is 1. The molecule has 0 atom stereocenters. The number of halogens is 1. The van der Waals surface area contributed by atoms with E-state index in [0.29, 0.717) is 25.2 Å². The minimum absolute atomic E-state index is 0.0520. The molecule has 2 aliphatic heterocycles. The lowest BCUT2D eigenvalue weighted by atomic mass is 9.70. The first-order valence-electron chi connectivity index (χ1n) is 7.26. The molecular formula is C16H19BrN2O3. The maximum absolute atomic E-state index is 12.1. The third kappa shape index (κ3) is 2.60. The highest BCUT2D eigenvalue weighted by molar-refractivity contribution is 9.10. The van der Waals surface area contributed by atoms with E-state index in [4.69, 9.17) is 4.74 Å². The van der Waals surface area contributed by atoms with Crippen LogP contribution in [0.15, 0.2) is 22.7 Å². The van der Waals surface area contributed by atoms with E-state index in [2.05, 4.69) is 21.2 Å². The summed E-state index contributed by atoms with van der Waals surface area (Å²) >= 11 is 3.46. The van der Waals surface area contributed by atoms with Crippen molar-refractivity contribution in [1.82, 2.24) is 10.2 Å². The zero-order chi connectivity index (χ0) is 16.1. The van der Waals surface area contributed by atoms with Crippen LogP contribution >= 0.6 is 15.9 Å². The van der Waals surface area contributed by atoms with Crippen molar-refractivity contribution in [1.29, 1.82) is 0 Å². The van der Waals surface area contributed by atoms with Gasteiger partial charge in [-0.15, -0.1) is 0 Å². The van der Waals surface area contributed by atoms with Crippen LogP contribution in [0.5, 0.6) is 0 Å². The molecule has 6 heteroatoms. The Morgan fingerprint density at radius 2 is 2.05 bits per heavy atom. The number of ether oxygens (including phenoxy) is 1. The van der Waals surface area contributed by atoms with Gasteiger partial charge in [0.05, 0.1) is 0 Å². The van der Waals surface area contributed by atoms with Gasteiger partial charge in [-0.05, 0) is 44.5 Å². The van der Waals surface area contributed by atoms with Crippen LogP contribution in [0.2, 0.25) is 0 Å². The second kappa shape index (κ2) is 4.98. The van der Waals surface area contributed by atoms with E-state index in [-0.39, 0.29) is 17.4 Å². The lowest BCUT2D eigenvalue weighted by Gasteiger charge is -2.52. The number of fused-ring (bicyclic) bond motifs is 2. The molecule has 1 spiro atoms. The summed E-state index contributed by atoms with van der Waals surface area (Å²) in [5, 5.41) is 2.93. The highest BCUT2D eigenvalue weighted by atomic mass is 79.9. The number of carbonyl (C=O) groups is 2. The Kier molecular flexibility index (Phi) is 3.47. The van der Waals surface area contributed by atoms with E-state index < -0.39 is 5.60 Å². The molecule has 5 nitrogen and oxygen atoms in total. The summed E-state index contributed by atoms with van der Waals surface area (Å²) in [7, 11) is 0. The summed E-state index contributed by atoms with van der Waals surface area (Å²) < 4.78 is 6.34. The standard InChI is InChI=1S/C16H19BrN2O3/c1-15(2,3)22-14(21)19-8-16(9-19)7-18-13(20)11-5-4-10(17)6-12(11)16/h4-6H,7-9H2,1-3H3,(H,18,20). The zero-order valence-corrected chi connectivity index (χ0v) is 14.5. The second-order valence-corrected chi connectivity index (χ2v) is 7.90. The molecule has 2 heterocycles. The van der Waals surface area contributed by atoms with Gasteiger partial charge in [0, 0.05) is 35.1 Å². The van der Waals surface area contributed by atoms with Gasteiger partial charge in [0.1, 0.15) is 5.60 Å². The average molecular weight is 367 g/mol. The Morgan fingerprint density at radius 1 is 1.36 bits per heavy atom. The zero-order valence-electron chi connectivity index (χ0n) is 12.9. The van der Waals surface area contributed by atoms with E-state index in [1.165, 1.54) is 0 Å². The lowest BCUT2D eigenvalue weighted by molar-refractivity contribution is -0.0106. The Morgan fingerprint density at radius 3 is 2.68 bits per heavy atom. The molecule has 0 aliphatic carbocycles. The number of carbonyl (C=O) groups excluding carboxylic acids is 2. The van der Waals surface area contributed by atoms with Crippen molar-refractivity contribution >= 4 is 27.9 Å². The Hall–Kier alpha value is -1.56. The summed E-state index contributed by atoms with van der Waals surface area (Å²) in [4.78, 5) is 25.8. The number of nitrogens with one attached hydrogen (secondary N) is 1. The van der Waals surface area contributed by atoms with Gasteiger partial charge in [-0.25, -0.2) is 4.79 Å². The molecule has 1 aromatic carbocycles. The number of rotatable bonds is 0. The number of hydrogen-bond donors (Lipinski definition) is 1. The van der Waals surface area contributed by atoms with Crippen molar-refractivity contribution in [3.63, 3.8) is 0 Å². The highest BCUT2D eigenvalue weighted by Crippen LogP contribution is 2.40. The SMILES string of the molecule is CC(C)(C)OC(=O)N1CC2(CNC(=O)c3ccc(Br)cc32)C1. The maximum Gasteiger partial charge on any atom is 0.410 e. The molecule has 2 amide bonds. The van der Waals surface area contributed by atoms with Gasteiger partial charge in [-0.2, -0.15) is 0 Å². The molecule has 1 N–H and O–H groups in total. The fraction of sp³-hybridized carbons (Fsp3) is 0.500. The van der Waals surface area contributed by atoms with Crippen molar-refractivity contribution in [2.75, 3.05) is 19.6 Å². The average Bonchev–Trinajstić information content (AvgIpc) is 2.34. The predicted molar refractivity (Wildman–Crippen MR) is 86.0 cm³/mol. The van der Waals surface area contributed by atoms with Gasteiger partial charge in [0.15, 0.2) is 0 Å². The van der Waals surface area contributed by atoms with Gasteiger partial charge >= 0.3 is 6.09 Å². The molecule has 1 fully saturated rings. The minimum Gasteiger partial charge on any atom is -0.444 e. The molecule has 1 aromatic rings. The van der Waals surface area contributed by atoms with Crippen molar-refractivity contribution in [2.24, 2.45) is 0 Å². The summed E-state index contributed by atoms with van der Waals surface area (Å²) in [6.45, 7) is 7.24. The first-order valence-corrected chi connectivity index (χ1v) is 8.06. The maximum atomic E-state index is 12.1. The van der Waals surface area contributed by atoms with Crippen LogP contribution in [0.4, 0.5) is 4.79 Å². The van der Waals surface area contributed by atoms with Gasteiger partial charge in [-0.3, -0.25) is 4.79 Å². The Balaban J connectivity index is 1.81. The normalized spacial score (nSPS) is 19.3. The fourth-order valence-corrected chi connectivity index (χ4v) is 3.38. The number of amides is 2. The molecule has 1 saturated heterocycles. The van der Waals surface area contributed by atoms with Crippen LogP contribution in [-0.4, -0.2) is 42.1 Å². The van der Waals surface area contributed by atoms with Crippen LogP contribution in [0.3, 0.4) is 0 Å². The first-order chi connectivity index (χ1) is 10.2. The first kappa shape index (κ1) is 15.3. The van der Waals surface area contributed by atoms with Crippen molar-refractivity contribution in [3.05, 3.63) is 33.8 Å². The molecule has 0 bridgehead atoms. The van der Waals surface area contributed by atoms with E-state index >= 15 is 0 Å². The van der Waals surface area contributed by atoms with Crippen LogP contribution in [0.25, 0.3) is 0 Å². The van der Waals surface area contributed by atoms with Gasteiger partial charge < -0.3 is 15.0 Å². The topological polar surface area (TPSA) is 58.6 Å². The van der Waals surface area contributed by atoms with Crippen LogP contribution in [-0.2, 0) is 10.2 Å². The highest BCUT2D eigenvalue weighted by Gasteiger charge is 2.51. The molecule has 0 radical (unpaired) electrons. The Bertz CT molecular complexity index is 645. The smallest absolute Gasteiger partial charge is 0.410 e. The van der Waals surface area contributed by atoms with Crippen LogP contribution < -0.4 is 5.32 Å². The third-order valence-corrected chi connectivity index (χ3v) is 4.52. The molecule has 2 aliphatic rings. The fourth-order valence-electron chi connectivity index (χ4n) is 3.02. The third-order valence-electron chi connectivity index (χ3n) is 4.02. The Labute approximate surface area is 138 Å². The largest absolute Gasteiger partial charge is 0.444 e. The lowest BCUT2D eigenvalue weighted by Crippen LogP contribution is -2.67. The molecule has 3 rings (SSSR count). The van der Waals surface area contributed by atoms with Crippen molar-refractivity contribution in [2.45, 2.75) is 31.8 Å². The molecule has 0 aromatic heterocycles. The van der Waals surface area contributed by atoms with Crippen molar-refractivity contribution < 1.29 is 14.3 Å². The van der Waals surface area contributed by atoms with Gasteiger partial charge in [0.2, 0.25) is 0 Å². The summed E-state index contributed by atoms with van der Waals surface area (Å²) in [5.74, 6) is -0.0520. The van der Waals surface area contributed by atoms with E-state index in [1.807, 2.05) is 39.0 Å². The summed E-state index contributed by atoms with van der Waals surface area (Å²) in [5.41, 5.74) is 0.995. The van der Waals surface area contributed by atoms with E-state index in [9.17, 15) is 9.59 Å². The molecular weight excluding hydrogens is 348 g/mol. The number of nitrogens with zero attached hydrogens (tertiary/aromatic N) is 1. The summed E-state index contributed by atoms with van der Waals surface area (Å²) in [6.07, 6.45) is -0.299. The van der Waals surface area contributed by atoms with Gasteiger partial charge in [-0.1, -0.05) is 15.9 Å². The predicted octanol–water partition coefficient (Wildman–Crippen LogP) is 2.68. The van der Waals surface area contributed by atoms with Gasteiger partial charge in [0.25, 0.3) is 5.91 Å². The summed E-state index contributed by atoms with van der Waals surface area (Å²) in [6, 6.07) is 5.67. The van der Waals surface area contributed by atoms with E-state index in [1.54, 1.807) is 4.90 Å². The molecule has 0 saturated carbocycles. The minimum atomic E-state index is -0.498. The molecule has 118 valence electrons. The molecule has 22 heavy (non-hydrogen) atoms. The van der Waals surface area contributed by atoms with E-state index in [0.717, 1.165) is 10.0 Å².